The fourth-order valence-corrected chi connectivity index (χ4v) is 10.9. The van der Waals surface area contributed by atoms with Gasteiger partial charge in [0.1, 0.15) is 12.1 Å². The van der Waals surface area contributed by atoms with Gasteiger partial charge in [0.15, 0.2) is 5.78 Å². The number of nitrogens with zero attached hydrogens (tertiary/aromatic N) is 1. The molecule has 3 aliphatic heterocycles. The first kappa shape index (κ1) is 46.8. The van der Waals surface area contributed by atoms with Crippen molar-refractivity contribution in [3.63, 3.8) is 0 Å². The smallest absolute Gasteiger partial charge is 0.404 e. The Balaban J connectivity index is 0.898. The highest BCUT2D eigenvalue weighted by Gasteiger charge is 2.68. The van der Waals surface area contributed by atoms with Crippen molar-refractivity contribution in [2.45, 2.75) is 166 Å². The summed E-state index contributed by atoms with van der Waals surface area (Å²) in [7, 11) is -0.608. The molecule has 14 nitrogen and oxygen atoms in total. The van der Waals surface area contributed by atoms with Gasteiger partial charge in [-0.1, -0.05) is 63.6 Å². The minimum atomic E-state index is -0.965. The van der Waals surface area contributed by atoms with E-state index < -0.39 is 60.7 Å². The number of unbranched alkanes of at least 4 members (excludes halogenated alkanes) is 2. The van der Waals surface area contributed by atoms with Crippen LogP contribution in [-0.2, 0) is 34.9 Å². The van der Waals surface area contributed by atoms with Gasteiger partial charge < -0.3 is 41.6 Å². The van der Waals surface area contributed by atoms with Crippen LogP contribution in [0.1, 0.15) is 122 Å². The third-order valence-electron chi connectivity index (χ3n) is 15.0. The van der Waals surface area contributed by atoms with Gasteiger partial charge in [0.2, 0.25) is 17.7 Å². The van der Waals surface area contributed by atoms with Crippen molar-refractivity contribution in [3.05, 3.63) is 59.7 Å². The molecule has 0 radical (unpaired) electrons. The molecule has 15 heteroatoms. The Labute approximate surface area is 373 Å². The van der Waals surface area contributed by atoms with Crippen molar-refractivity contribution >= 4 is 36.5 Å². The number of benzene rings is 2. The Morgan fingerprint density at radius 2 is 1.56 bits per heavy atom. The first-order valence-electron chi connectivity index (χ1n) is 23.5. The largest absolute Gasteiger partial charge is 0.481 e. The van der Waals surface area contributed by atoms with Gasteiger partial charge in [-0.2, -0.15) is 0 Å². The van der Waals surface area contributed by atoms with Gasteiger partial charge in [-0.3, -0.25) is 29.3 Å². The number of likely N-dealkylation sites (tertiary alicyclic amines) is 1. The fourth-order valence-electron chi connectivity index (χ4n) is 10.9. The number of carbonyl (C=O) groups is 5. The summed E-state index contributed by atoms with van der Waals surface area (Å²) in [6.45, 7) is 13.1. The average Bonchev–Trinajstić information content (AvgIpc) is 4.02. The summed E-state index contributed by atoms with van der Waals surface area (Å²) in [5.74, 6) is -1.21. The van der Waals surface area contributed by atoms with E-state index in [1.165, 1.54) is 5.56 Å². The van der Waals surface area contributed by atoms with E-state index in [0.717, 1.165) is 43.2 Å². The standard InChI is InChI=1S/C48H70BN7O7/c1-7-8-11-30-13-15-31(16-14-30)32-17-19-33(20-18-32)46(61)56-27-35(51)26-39(56)42(57)36-21-22-38(54-36)44(59)52-28(2)43(58)55-37(12-9-10-23-50)45(60)53-29(3)49-62-41-25-34-24-40(47(34,4)5)48(41,6)63-49/h13-20,28-29,34-41,54H,7-12,21-27,50-51H2,1-6H3,(H,52,59)(H,53,60)(H,55,58)/t28-,29-,34-,35-,36?,37-,38-,39-,40-,41?,48-/m0/s1. The second-order valence-electron chi connectivity index (χ2n) is 19.8. The molecule has 3 aliphatic carbocycles. The van der Waals surface area contributed by atoms with Gasteiger partial charge in [0.25, 0.3) is 5.91 Å². The van der Waals surface area contributed by atoms with Crippen LogP contribution in [0.4, 0.5) is 0 Å². The molecule has 8 rings (SSSR count). The summed E-state index contributed by atoms with van der Waals surface area (Å²) in [4.78, 5) is 70.1. The molecule has 3 heterocycles. The van der Waals surface area contributed by atoms with Crippen molar-refractivity contribution in [1.29, 1.82) is 0 Å². The lowest BCUT2D eigenvalue weighted by molar-refractivity contribution is -0.199. The molecule has 11 atom stereocenters. The molecule has 0 aromatic heterocycles. The number of rotatable bonds is 18. The molecule has 3 saturated carbocycles. The number of hydrogen-bond donors (Lipinski definition) is 6. The minimum absolute atomic E-state index is 0.0239. The summed E-state index contributed by atoms with van der Waals surface area (Å²) in [5, 5.41) is 11.8. The number of ketones is 1. The zero-order chi connectivity index (χ0) is 45.2. The topological polar surface area (TPSA) is 207 Å². The van der Waals surface area contributed by atoms with E-state index >= 15 is 0 Å². The van der Waals surface area contributed by atoms with Gasteiger partial charge >= 0.3 is 7.12 Å². The summed E-state index contributed by atoms with van der Waals surface area (Å²) in [5.41, 5.74) is 15.7. The van der Waals surface area contributed by atoms with E-state index in [2.05, 4.69) is 73.2 Å². The molecule has 6 aliphatic rings. The number of aryl methyl sites for hydroxylation is 1. The van der Waals surface area contributed by atoms with Crippen molar-refractivity contribution in [2.24, 2.45) is 28.7 Å². The predicted octanol–water partition coefficient (Wildman–Crippen LogP) is 3.82. The highest BCUT2D eigenvalue weighted by Crippen LogP contribution is 2.65. The van der Waals surface area contributed by atoms with Crippen LogP contribution in [0.2, 0.25) is 0 Å². The Hall–Kier alpha value is -4.15. The molecule has 4 amide bonds. The number of hydrogen-bond acceptors (Lipinski definition) is 10. The van der Waals surface area contributed by atoms with Crippen molar-refractivity contribution in [2.75, 3.05) is 13.1 Å². The summed E-state index contributed by atoms with van der Waals surface area (Å²) in [6.07, 6.45) is 8.16. The monoisotopic (exact) mass is 868 g/mol. The number of nitrogens with two attached hydrogens (primary N) is 2. The SMILES string of the molecule is CCCCc1ccc(-c2ccc(C(=O)N3C[C@@H](N)C[C@H]3C(=O)C3CC[C@@H](C(=O)N[C@@H](C)C(=O)N[C@@H](CCCCN)C(=O)N[C@@H](C)B4OC5C[C@@H]6C[C@@H](C6(C)C)[C@]5(C)O4)N3)cc2)cc1. The highest BCUT2D eigenvalue weighted by molar-refractivity contribution is 6.47. The summed E-state index contributed by atoms with van der Waals surface area (Å²) in [6, 6.07) is 11.7. The fraction of sp³-hybridized carbons (Fsp3) is 0.646. The van der Waals surface area contributed by atoms with Gasteiger partial charge in [0, 0.05) is 18.2 Å². The van der Waals surface area contributed by atoms with E-state index in [9.17, 15) is 24.0 Å². The molecule has 2 aromatic carbocycles. The van der Waals surface area contributed by atoms with Crippen molar-refractivity contribution in [1.82, 2.24) is 26.2 Å². The molecular weight excluding hydrogens is 797 g/mol. The van der Waals surface area contributed by atoms with Gasteiger partial charge in [-0.05, 0) is 138 Å². The van der Waals surface area contributed by atoms with E-state index in [1.807, 2.05) is 19.1 Å². The molecule has 3 saturated heterocycles. The highest BCUT2D eigenvalue weighted by atomic mass is 16.7. The van der Waals surface area contributed by atoms with Crippen molar-refractivity contribution < 1.29 is 33.3 Å². The number of carbonyl (C=O) groups excluding carboxylic acids is 5. The minimum Gasteiger partial charge on any atom is -0.404 e. The van der Waals surface area contributed by atoms with Gasteiger partial charge in [-0.25, -0.2) is 0 Å². The predicted molar refractivity (Wildman–Crippen MR) is 243 cm³/mol. The normalized spacial score (nSPS) is 29.6. The van der Waals surface area contributed by atoms with Crippen molar-refractivity contribution in [3.8, 4) is 11.1 Å². The summed E-state index contributed by atoms with van der Waals surface area (Å²) < 4.78 is 13.0. The molecule has 6 fully saturated rings. The third-order valence-corrected chi connectivity index (χ3v) is 15.0. The van der Waals surface area contributed by atoms with Crippen LogP contribution in [0.3, 0.4) is 0 Å². The molecule has 2 unspecified atom stereocenters. The second kappa shape index (κ2) is 19.5. The zero-order valence-corrected chi connectivity index (χ0v) is 38.1. The maximum absolute atomic E-state index is 14.0. The number of nitrogens with one attached hydrogen (secondary N) is 4. The number of Topliss-reactive ketones (excluding diaryl/α,β-unsaturated/α-hetero) is 1. The molecule has 0 spiro atoms. The molecular formula is C48H70BN7O7. The van der Waals surface area contributed by atoms with E-state index in [-0.39, 0.29) is 41.7 Å². The van der Waals surface area contributed by atoms with E-state index in [4.69, 9.17) is 20.8 Å². The van der Waals surface area contributed by atoms with E-state index in [1.54, 1.807) is 24.0 Å². The zero-order valence-electron chi connectivity index (χ0n) is 38.1. The first-order valence-corrected chi connectivity index (χ1v) is 23.5. The quantitative estimate of drug-likeness (QED) is 0.0944. The maximum atomic E-state index is 14.0. The van der Waals surface area contributed by atoms with Gasteiger partial charge in [0.05, 0.1) is 35.8 Å². The lowest BCUT2D eigenvalue weighted by Crippen LogP contribution is -2.65. The lowest BCUT2D eigenvalue weighted by Gasteiger charge is -2.64. The average molecular weight is 868 g/mol. The maximum Gasteiger partial charge on any atom is 0.481 e. The molecule has 342 valence electrons. The summed E-state index contributed by atoms with van der Waals surface area (Å²) >= 11 is 0. The van der Waals surface area contributed by atoms with Crippen LogP contribution >= 0.6 is 0 Å². The Kier molecular flexibility index (Phi) is 14.5. The molecule has 63 heavy (non-hydrogen) atoms. The van der Waals surface area contributed by atoms with Crippen LogP contribution in [0.5, 0.6) is 0 Å². The van der Waals surface area contributed by atoms with E-state index in [0.29, 0.717) is 62.5 Å². The van der Waals surface area contributed by atoms with Crippen LogP contribution in [0.15, 0.2) is 48.5 Å². The van der Waals surface area contributed by atoms with Crippen LogP contribution in [0.25, 0.3) is 11.1 Å². The Morgan fingerprint density at radius 3 is 2.22 bits per heavy atom. The van der Waals surface area contributed by atoms with Gasteiger partial charge in [-0.15, -0.1) is 0 Å². The molecule has 8 N–H and O–H groups in total. The Morgan fingerprint density at radius 1 is 0.873 bits per heavy atom. The Bertz CT molecular complexity index is 1980. The van der Waals surface area contributed by atoms with Crippen LogP contribution < -0.4 is 32.7 Å². The second-order valence-corrected chi connectivity index (χ2v) is 19.8. The molecule has 2 bridgehead atoms. The lowest BCUT2D eigenvalue weighted by atomic mass is 9.43. The molecule has 2 aromatic rings. The van der Waals surface area contributed by atoms with Crippen LogP contribution in [-0.4, -0.2) is 108 Å². The first-order chi connectivity index (χ1) is 30.0. The number of amides is 4. The van der Waals surface area contributed by atoms with Crippen LogP contribution in [0, 0.1) is 17.3 Å². The third kappa shape index (κ3) is 9.92.